The summed E-state index contributed by atoms with van der Waals surface area (Å²) in [6.07, 6.45) is 8.02. The first-order chi connectivity index (χ1) is 9.76. The molecule has 0 radical (unpaired) electrons. The first-order valence-corrected chi connectivity index (χ1v) is 9.18. The van der Waals surface area contributed by atoms with E-state index in [9.17, 15) is 0 Å². The zero-order valence-corrected chi connectivity index (χ0v) is 13.8. The van der Waals surface area contributed by atoms with Crippen LogP contribution < -0.4 is 5.32 Å². The van der Waals surface area contributed by atoms with Crippen molar-refractivity contribution in [2.45, 2.75) is 70.5 Å². The summed E-state index contributed by atoms with van der Waals surface area (Å²) in [5.74, 6) is 0. The molecule has 2 nitrogen and oxygen atoms in total. The number of piperazine rings is 1. The van der Waals surface area contributed by atoms with E-state index in [0.717, 1.165) is 0 Å². The molecule has 1 aromatic heterocycles. The molecule has 0 bridgehead atoms. The lowest BCUT2D eigenvalue weighted by molar-refractivity contribution is 0.0725. The van der Waals surface area contributed by atoms with E-state index in [1.807, 2.05) is 11.3 Å². The quantitative estimate of drug-likeness (QED) is 0.908. The molecule has 1 atom stereocenters. The molecule has 112 valence electrons. The van der Waals surface area contributed by atoms with E-state index in [-0.39, 0.29) is 0 Å². The Labute approximate surface area is 127 Å². The summed E-state index contributed by atoms with van der Waals surface area (Å²) in [4.78, 5) is 4.37. The van der Waals surface area contributed by atoms with Crippen LogP contribution in [0.3, 0.4) is 0 Å². The molecule has 1 N–H and O–H groups in total. The number of rotatable bonds is 4. The molecule has 1 saturated carbocycles. The molecule has 20 heavy (non-hydrogen) atoms. The van der Waals surface area contributed by atoms with E-state index >= 15 is 0 Å². The zero-order chi connectivity index (χ0) is 14.0. The first kappa shape index (κ1) is 14.6. The maximum Gasteiger partial charge on any atom is 0.0334 e. The normalized spacial score (nSPS) is 26.4. The Bertz CT molecular complexity index is 434. The summed E-state index contributed by atoms with van der Waals surface area (Å²) in [5.41, 5.74) is 2.00. The van der Waals surface area contributed by atoms with E-state index in [4.69, 9.17) is 0 Å². The smallest absolute Gasteiger partial charge is 0.0334 e. The Morgan fingerprint density at radius 2 is 2.15 bits per heavy atom. The third-order valence-electron chi connectivity index (χ3n) is 5.33. The van der Waals surface area contributed by atoms with Crippen LogP contribution in [0.15, 0.2) is 11.4 Å². The second-order valence-corrected chi connectivity index (χ2v) is 7.56. The van der Waals surface area contributed by atoms with Gasteiger partial charge in [-0.15, -0.1) is 11.3 Å². The summed E-state index contributed by atoms with van der Waals surface area (Å²) < 4.78 is 0. The Morgan fingerprint density at radius 1 is 1.35 bits per heavy atom. The number of hydrogen-bond acceptors (Lipinski definition) is 3. The van der Waals surface area contributed by atoms with Crippen molar-refractivity contribution in [1.82, 2.24) is 10.2 Å². The average molecular weight is 292 g/mol. The predicted octanol–water partition coefficient (Wildman–Crippen LogP) is 3.81. The molecule has 0 aromatic carbocycles. The van der Waals surface area contributed by atoms with Crippen molar-refractivity contribution < 1.29 is 0 Å². The molecule has 1 aliphatic carbocycles. The van der Waals surface area contributed by atoms with Crippen molar-refractivity contribution in [2.75, 3.05) is 13.1 Å². The largest absolute Gasteiger partial charge is 0.308 e. The molecule has 3 rings (SSSR count). The number of aryl methyl sites for hydroxylation is 1. The lowest BCUT2D eigenvalue weighted by Crippen LogP contribution is -2.62. The van der Waals surface area contributed by atoms with E-state index in [2.05, 4.69) is 35.5 Å². The fourth-order valence-corrected chi connectivity index (χ4v) is 5.02. The molecule has 0 amide bonds. The van der Waals surface area contributed by atoms with Gasteiger partial charge in [-0.25, -0.2) is 0 Å². The van der Waals surface area contributed by atoms with Crippen LogP contribution in [-0.2, 0) is 13.0 Å². The minimum absolute atomic E-state index is 0.440. The van der Waals surface area contributed by atoms with Gasteiger partial charge in [-0.2, -0.15) is 0 Å². The van der Waals surface area contributed by atoms with Gasteiger partial charge in [0.15, 0.2) is 0 Å². The van der Waals surface area contributed by atoms with Crippen LogP contribution in [0.4, 0.5) is 0 Å². The number of nitrogens with one attached hydrogen (secondary N) is 1. The standard InChI is InChI=1S/C17H28N2S/c1-3-14-7-10-20-16(14)12-19-13-17(8-5-6-9-17)18-11-15(19)4-2/h7,10,15,18H,3-6,8-9,11-13H2,1-2H3. The van der Waals surface area contributed by atoms with Crippen LogP contribution in [0.1, 0.15) is 56.4 Å². The molecule has 2 fully saturated rings. The second kappa shape index (κ2) is 6.17. The van der Waals surface area contributed by atoms with Crippen molar-refractivity contribution in [2.24, 2.45) is 0 Å². The Balaban J connectivity index is 1.74. The first-order valence-electron chi connectivity index (χ1n) is 8.30. The number of thiophene rings is 1. The Morgan fingerprint density at radius 3 is 2.85 bits per heavy atom. The Hall–Kier alpha value is -0.380. The van der Waals surface area contributed by atoms with Gasteiger partial charge in [0.2, 0.25) is 0 Å². The molecule has 3 heteroatoms. The summed E-state index contributed by atoms with van der Waals surface area (Å²) in [6, 6.07) is 3.03. The lowest BCUT2D eigenvalue weighted by Gasteiger charge is -2.46. The van der Waals surface area contributed by atoms with Crippen LogP contribution in [-0.4, -0.2) is 29.6 Å². The summed E-state index contributed by atoms with van der Waals surface area (Å²) in [7, 11) is 0. The van der Waals surface area contributed by atoms with E-state index < -0.39 is 0 Å². The molecule has 2 heterocycles. The van der Waals surface area contributed by atoms with Crippen LogP contribution in [0, 0.1) is 0 Å². The van der Waals surface area contributed by atoms with Crippen molar-refractivity contribution in [3.05, 3.63) is 21.9 Å². The van der Waals surface area contributed by atoms with Crippen molar-refractivity contribution in [3.8, 4) is 0 Å². The molecule has 1 aliphatic heterocycles. The van der Waals surface area contributed by atoms with Crippen LogP contribution >= 0.6 is 11.3 Å². The molecule has 1 spiro atoms. The monoisotopic (exact) mass is 292 g/mol. The summed E-state index contributed by atoms with van der Waals surface area (Å²) in [5, 5.41) is 6.16. The van der Waals surface area contributed by atoms with Crippen molar-refractivity contribution in [3.63, 3.8) is 0 Å². The van der Waals surface area contributed by atoms with Crippen LogP contribution in [0.25, 0.3) is 0 Å². The van der Waals surface area contributed by atoms with Gasteiger partial charge < -0.3 is 5.32 Å². The second-order valence-electron chi connectivity index (χ2n) is 6.56. The fraction of sp³-hybridized carbons (Fsp3) is 0.765. The van der Waals surface area contributed by atoms with Gasteiger partial charge in [0.25, 0.3) is 0 Å². The fourth-order valence-electron chi connectivity index (χ4n) is 4.02. The minimum Gasteiger partial charge on any atom is -0.308 e. The van der Waals surface area contributed by atoms with Gasteiger partial charge in [0, 0.05) is 36.1 Å². The van der Waals surface area contributed by atoms with E-state index in [1.165, 1.54) is 58.2 Å². The van der Waals surface area contributed by atoms with Crippen LogP contribution in [0.5, 0.6) is 0 Å². The SMILES string of the molecule is CCc1ccsc1CN1CC2(CCCC2)NCC1CC. The minimum atomic E-state index is 0.440. The number of hydrogen-bond donors (Lipinski definition) is 1. The third kappa shape index (κ3) is 2.81. The van der Waals surface area contributed by atoms with E-state index in [0.29, 0.717) is 11.6 Å². The highest BCUT2D eigenvalue weighted by molar-refractivity contribution is 7.10. The van der Waals surface area contributed by atoms with Crippen molar-refractivity contribution in [1.29, 1.82) is 0 Å². The number of nitrogens with zero attached hydrogens (tertiary/aromatic N) is 1. The predicted molar refractivity (Wildman–Crippen MR) is 87.4 cm³/mol. The highest BCUT2D eigenvalue weighted by Crippen LogP contribution is 2.34. The Kier molecular flexibility index (Phi) is 4.49. The summed E-state index contributed by atoms with van der Waals surface area (Å²) >= 11 is 1.95. The van der Waals surface area contributed by atoms with Gasteiger partial charge in [0.05, 0.1) is 0 Å². The topological polar surface area (TPSA) is 15.3 Å². The maximum atomic E-state index is 3.90. The highest BCUT2D eigenvalue weighted by Gasteiger charge is 2.40. The molecular formula is C17H28N2S. The van der Waals surface area contributed by atoms with Gasteiger partial charge in [-0.3, -0.25) is 4.90 Å². The van der Waals surface area contributed by atoms with Gasteiger partial charge in [-0.1, -0.05) is 26.7 Å². The van der Waals surface area contributed by atoms with Gasteiger partial charge in [0.1, 0.15) is 0 Å². The molecule has 1 aromatic rings. The van der Waals surface area contributed by atoms with Crippen molar-refractivity contribution >= 4 is 11.3 Å². The molecular weight excluding hydrogens is 264 g/mol. The molecule has 1 saturated heterocycles. The van der Waals surface area contributed by atoms with Gasteiger partial charge in [-0.05, 0) is 42.7 Å². The highest BCUT2D eigenvalue weighted by atomic mass is 32.1. The average Bonchev–Trinajstić information content (AvgIpc) is 3.09. The maximum absolute atomic E-state index is 3.90. The van der Waals surface area contributed by atoms with E-state index in [1.54, 1.807) is 10.4 Å². The zero-order valence-electron chi connectivity index (χ0n) is 13.0. The lowest BCUT2D eigenvalue weighted by atomic mass is 9.91. The summed E-state index contributed by atoms with van der Waals surface area (Å²) in [6.45, 7) is 8.22. The van der Waals surface area contributed by atoms with Crippen LogP contribution in [0.2, 0.25) is 0 Å². The molecule has 1 unspecified atom stereocenters. The third-order valence-corrected chi connectivity index (χ3v) is 6.28. The van der Waals surface area contributed by atoms with Gasteiger partial charge >= 0.3 is 0 Å². The molecule has 2 aliphatic rings.